The molecule has 1 aliphatic rings. The van der Waals surface area contributed by atoms with Crippen LogP contribution < -0.4 is 15.6 Å². The summed E-state index contributed by atoms with van der Waals surface area (Å²) in [5.74, 6) is 0.0586. The fourth-order valence-electron chi connectivity index (χ4n) is 3.22. The molecule has 0 fully saturated rings. The Morgan fingerprint density at radius 3 is 2.75 bits per heavy atom. The molecule has 1 aliphatic heterocycles. The van der Waals surface area contributed by atoms with Crippen molar-refractivity contribution >= 4 is 23.5 Å². The van der Waals surface area contributed by atoms with E-state index in [0.29, 0.717) is 33.4 Å². The van der Waals surface area contributed by atoms with E-state index >= 15 is 0 Å². The van der Waals surface area contributed by atoms with Gasteiger partial charge in [-0.1, -0.05) is 24.8 Å². The summed E-state index contributed by atoms with van der Waals surface area (Å²) in [4.78, 5) is 32.7. The van der Waals surface area contributed by atoms with Gasteiger partial charge in [-0.15, -0.1) is 0 Å². The van der Waals surface area contributed by atoms with Crippen molar-refractivity contribution in [1.29, 1.82) is 0 Å². The van der Waals surface area contributed by atoms with Crippen LogP contribution in [0.15, 0.2) is 39.4 Å². The van der Waals surface area contributed by atoms with Crippen LogP contribution in [-0.2, 0) is 9.53 Å². The minimum atomic E-state index is -0.727. The number of aromatic hydroxyl groups is 1. The molecule has 2 heterocycles. The van der Waals surface area contributed by atoms with Gasteiger partial charge < -0.3 is 24.9 Å². The van der Waals surface area contributed by atoms with E-state index < -0.39 is 11.9 Å². The highest BCUT2D eigenvalue weighted by atomic mass is 32.2. The highest BCUT2D eigenvalue weighted by Crippen LogP contribution is 2.42. The number of ether oxygens (including phenoxy) is 2. The zero-order valence-electron chi connectivity index (χ0n) is 16.0. The van der Waals surface area contributed by atoms with Crippen LogP contribution in [0.25, 0.3) is 0 Å². The summed E-state index contributed by atoms with van der Waals surface area (Å²) < 4.78 is 10.1. The number of H-pyrrole nitrogens is 1. The molecule has 1 aromatic heterocycles. The number of aromatic amines is 1. The van der Waals surface area contributed by atoms with Gasteiger partial charge in [0.2, 0.25) is 0 Å². The number of thioether (sulfide) groups is 1. The fourth-order valence-corrected chi connectivity index (χ4v) is 3.82. The molecular formula is C19H21N3O5S. The summed E-state index contributed by atoms with van der Waals surface area (Å²) in [7, 11) is 2.72. The number of aromatic nitrogens is 2. The van der Waals surface area contributed by atoms with Crippen LogP contribution in [0.5, 0.6) is 11.5 Å². The van der Waals surface area contributed by atoms with Crippen molar-refractivity contribution in [2.24, 2.45) is 0 Å². The number of phenolic OH excluding ortho intramolecular Hbond substituents is 1. The number of benzene rings is 1. The average molecular weight is 403 g/mol. The van der Waals surface area contributed by atoms with Gasteiger partial charge in [0.1, 0.15) is 5.82 Å². The number of anilines is 1. The lowest BCUT2D eigenvalue weighted by Gasteiger charge is -2.28. The number of carbonyl (C=O) groups is 1. The third-order valence-corrected chi connectivity index (χ3v) is 5.20. The van der Waals surface area contributed by atoms with Gasteiger partial charge in [0, 0.05) is 5.70 Å². The Bertz CT molecular complexity index is 1020. The molecule has 2 aromatic rings. The quantitative estimate of drug-likeness (QED) is 0.397. The lowest BCUT2D eigenvalue weighted by atomic mass is 9.82. The molecule has 9 heteroatoms. The fraction of sp³-hybridized carbons (Fsp3) is 0.316. The zero-order valence-corrected chi connectivity index (χ0v) is 16.8. The zero-order chi connectivity index (χ0) is 20.4. The number of nitrogens with zero attached hydrogens (tertiary/aromatic N) is 1. The molecule has 3 N–H and O–H groups in total. The van der Waals surface area contributed by atoms with Gasteiger partial charge >= 0.3 is 5.97 Å². The topological polar surface area (TPSA) is 114 Å². The number of hydrogen-bond acceptors (Lipinski definition) is 8. The Hall–Kier alpha value is -2.94. The lowest BCUT2D eigenvalue weighted by Crippen LogP contribution is -2.31. The normalized spacial score (nSPS) is 15.6. The molecule has 0 bridgehead atoms. The van der Waals surface area contributed by atoms with Crippen molar-refractivity contribution in [1.82, 2.24) is 9.97 Å². The van der Waals surface area contributed by atoms with Gasteiger partial charge in [-0.2, -0.15) is 0 Å². The number of esters is 1. The Kier molecular flexibility index (Phi) is 5.64. The first kappa shape index (κ1) is 19.8. The number of carbonyl (C=O) groups excluding carboxylic acids is 1. The Labute approximate surface area is 166 Å². The SMILES string of the molecule is CCSc1nc2c(c(=O)[nH]1)C(c1ccc(O)c(OC)c1)C(C(=O)OC)=C(C)N2. The van der Waals surface area contributed by atoms with Crippen LogP contribution in [0.3, 0.4) is 0 Å². The van der Waals surface area contributed by atoms with Crippen molar-refractivity contribution in [3.05, 3.63) is 50.9 Å². The molecule has 0 aliphatic carbocycles. The smallest absolute Gasteiger partial charge is 0.336 e. The molecule has 8 nitrogen and oxygen atoms in total. The molecule has 0 saturated heterocycles. The van der Waals surface area contributed by atoms with Crippen LogP contribution in [0.1, 0.15) is 30.9 Å². The predicted octanol–water partition coefficient (Wildman–Crippen LogP) is 2.60. The van der Waals surface area contributed by atoms with Crippen LogP contribution in [0, 0.1) is 0 Å². The van der Waals surface area contributed by atoms with Crippen LogP contribution in [0.2, 0.25) is 0 Å². The minimum absolute atomic E-state index is 0.0394. The van der Waals surface area contributed by atoms with Crippen molar-refractivity contribution in [3.8, 4) is 11.5 Å². The number of methoxy groups -OCH3 is 2. The summed E-state index contributed by atoms with van der Waals surface area (Å²) in [5.41, 5.74) is 1.40. The molecule has 3 rings (SSSR count). The van der Waals surface area contributed by atoms with E-state index in [2.05, 4.69) is 15.3 Å². The monoisotopic (exact) mass is 403 g/mol. The Morgan fingerprint density at radius 1 is 1.36 bits per heavy atom. The average Bonchev–Trinajstić information content (AvgIpc) is 2.67. The Morgan fingerprint density at radius 2 is 2.11 bits per heavy atom. The molecular weight excluding hydrogens is 382 g/mol. The summed E-state index contributed by atoms with van der Waals surface area (Å²) in [6.07, 6.45) is 0. The third-order valence-electron chi connectivity index (χ3n) is 4.44. The molecule has 0 saturated carbocycles. The maximum absolute atomic E-state index is 12.9. The molecule has 0 spiro atoms. The number of allylic oxidation sites excluding steroid dienone is 1. The number of fused-ring (bicyclic) bond motifs is 1. The molecule has 0 amide bonds. The highest BCUT2D eigenvalue weighted by molar-refractivity contribution is 7.99. The van der Waals surface area contributed by atoms with Gasteiger partial charge in [0.25, 0.3) is 5.56 Å². The summed E-state index contributed by atoms with van der Waals surface area (Å²) >= 11 is 1.41. The van der Waals surface area contributed by atoms with E-state index in [0.717, 1.165) is 5.75 Å². The summed E-state index contributed by atoms with van der Waals surface area (Å²) in [6, 6.07) is 4.70. The summed E-state index contributed by atoms with van der Waals surface area (Å²) in [6.45, 7) is 3.69. The van der Waals surface area contributed by atoms with Gasteiger partial charge in [-0.05, 0) is 30.4 Å². The minimum Gasteiger partial charge on any atom is -0.504 e. The molecule has 28 heavy (non-hydrogen) atoms. The van der Waals surface area contributed by atoms with Crippen LogP contribution in [0.4, 0.5) is 5.82 Å². The highest BCUT2D eigenvalue weighted by Gasteiger charge is 2.36. The molecule has 1 unspecified atom stereocenters. The maximum atomic E-state index is 12.9. The van der Waals surface area contributed by atoms with E-state index in [9.17, 15) is 14.7 Å². The van der Waals surface area contributed by atoms with Crippen molar-refractivity contribution in [3.63, 3.8) is 0 Å². The largest absolute Gasteiger partial charge is 0.504 e. The first-order chi connectivity index (χ1) is 13.4. The van der Waals surface area contributed by atoms with Gasteiger partial charge in [-0.25, -0.2) is 9.78 Å². The van der Waals surface area contributed by atoms with E-state index in [1.165, 1.54) is 32.0 Å². The standard InChI is InChI=1S/C19H21N3O5S/c1-5-28-19-21-16-15(17(24)22-19)14(13(9(2)20-16)18(25)27-4)10-6-7-11(23)12(8-10)26-3/h6-8,14,23H,5H2,1-4H3,(H2,20,21,22,24). The predicted molar refractivity (Wildman–Crippen MR) is 106 cm³/mol. The Balaban J connectivity index is 2.27. The molecule has 148 valence electrons. The van der Waals surface area contributed by atoms with Crippen LogP contribution in [-0.4, -0.2) is 41.0 Å². The second kappa shape index (κ2) is 7.97. The number of phenols is 1. The van der Waals surface area contributed by atoms with Gasteiger partial charge in [0.05, 0.1) is 31.3 Å². The summed E-state index contributed by atoms with van der Waals surface area (Å²) in [5, 5.41) is 13.5. The van der Waals surface area contributed by atoms with Crippen molar-refractivity contribution in [2.45, 2.75) is 24.9 Å². The van der Waals surface area contributed by atoms with Crippen molar-refractivity contribution in [2.75, 3.05) is 25.3 Å². The molecule has 1 atom stereocenters. The van der Waals surface area contributed by atoms with E-state index in [4.69, 9.17) is 9.47 Å². The first-order valence-corrected chi connectivity index (χ1v) is 9.59. The number of nitrogens with one attached hydrogen (secondary N) is 2. The molecule has 1 aromatic carbocycles. The van der Waals surface area contributed by atoms with Crippen LogP contribution >= 0.6 is 11.8 Å². The maximum Gasteiger partial charge on any atom is 0.336 e. The molecule has 0 radical (unpaired) electrons. The number of rotatable bonds is 5. The second-order valence-corrected chi connectivity index (χ2v) is 7.34. The number of hydrogen-bond donors (Lipinski definition) is 3. The third kappa shape index (κ3) is 3.45. The second-order valence-electron chi connectivity index (χ2n) is 6.09. The van der Waals surface area contributed by atoms with Crippen molar-refractivity contribution < 1.29 is 19.4 Å². The van der Waals surface area contributed by atoms with Gasteiger partial charge in [-0.3, -0.25) is 4.79 Å². The van der Waals surface area contributed by atoms with E-state index in [1.54, 1.807) is 19.1 Å². The van der Waals surface area contributed by atoms with E-state index in [-0.39, 0.29) is 17.1 Å². The lowest BCUT2D eigenvalue weighted by molar-refractivity contribution is -0.136. The first-order valence-electron chi connectivity index (χ1n) is 8.61. The van der Waals surface area contributed by atoms with Gasteiger partial charge in [0.15, 0.2) is 16.7 Å². The van der Waals surface area contributed by atoms with E-state index in [1.807, 2.05) is 6.92 Å².